The lowest BCUT2D eigenvalue weighted by molar-refractivity contribution is 0.351. The fraction of sp³-hybridized carbons (Fsp3) is 0.500. The number of hydrogen-bond acceptors (Lipinski definition) is 3. The van der Waals surface area contributed by atoms with E-state index in [9.17, 15) is 8.42 Å². The molecule has 0 aliphatic rings. The Labute approximate surface area is 91.0 Å². The third-order valence-electron chi connectivity index (χ3n) is 2.09. The minimum Gasteiger partial charge on any atom is -0.265 e. The largest absolute Gasteiger partial charge is 0.265 e. The second-order valence-corrected chi connectivity index (χ2v) is 5.69. The number of sulfonamides is 1. The summed E-state index contributed by atoms with van der Waals surface area (Å²) in [5, 5.41) is 0. The zero-order chi connectivity index (χ0) is 11.5. The van der Waals surface area contributed by atoms with Gasteiger partial charge in [-0.25, -0.2) is 8.42 Å². The smallest absolute Gasteiger partial charge is 0.211 e. The molecule has 0 aromatic carbocycles. The molecular weight excluding hydrogens is 212 g/mol. The van der Waals surface area contributed by atoms with Crippen LogP contribution in [0.25, 0.3) is 0 Å². The van der Waals surface area contributed by atoms with Crippen LogP contribution in [-0.4, -0.2) is 30.0 Å². The molecule has 0 saturated carbocycles. The first-order valence-corrected chi connectivity index (χ1v) is 6.62. The summed E-state index contributed by atoms with van der Waals surface area (Å²) >= 11 is 0. The summed E-state index contributed by atoms with van der Waals surface area (Å²) in [5.74, 6) is 0. The van der Waals surface area contributed by atoms with E-state index in [1.54, 1.807) is 12.4 Å². The summed E-state index contributed by atoms with van der Waals surface area (Å²) in [4.78, 5) is 3.89. The molecule has 84 valence electrons. The van der Waals surface area contributed by atoms with Gasteiger partial charge in [0.25, 0.3) is 0 Å². The molecule has 0 radical (unpaired) electrons. The van der Waals surface area contributed by atoms with Crippen LogP contribution in [0.1, 0.15) is 19.4 Å². The van der Waals surface area contributed by atoms with Gasteiger partial charge >= 0.3 is 0 Å². The lowest BCUT2D eigenvalue weighted by atomic mass is 10.2. The predicted octanol–water partition coefficient (Wildman–Crippen LogP) is 1.25. The fourth-order valence-electron chi connectivity index (χ4n) is 1.35. The van der Waals surface area contributed by atoms with Crippen molar-refractivity contribution in [2.75, 3.05) is 6.26 Å². The Hall–Kier alpha value is -0.940. The summed E-state index contributed by atoms with van der Waals surface area (Å²) in [6.45, 7) is 4.13. The molecule has 0 atom stereocenters. The number of hydrogen-bond donors (Lipinski definition) is 0. The van der Waals surface area contributed by atoms with Gasteiger partial charge in [0.15, 0.2) is 0 Å². The highest BCUT2D eigenvalue weighted by Gasteiger charge is 2.19. The molecule has 0 aliphatic carbocycles. The number of aromatic nitrogens is 1. The van der Waals surface area contributed by atoms with Crippen LogP contribution in [0.4, 0.5) is 0 Å². The molecule has 0 fully saturated rings. The lowest BCUT2D eigenvalue weighted by Crippen LogP contribution is -2.35. The van der Waals surface area contributed by atoms with Crippen LogP contribution in [-0.2, 0) is 16.6 Å². The maximum atomic E-state index is 11.5. The van der Waals surface area contributed by atoms with E-state index in [4.69, 9.17) is 0 Å². The minimum absolute atomic E-state index is 0.0341. The maximum Gasteiger partial charge on any atom is 0.211 e. The van der Waals surface area contributed by atoms with E-state index in [1.807, 2.05) is 26.0 Å². The molecule has 1 rings (SSSR count). The van der Waals surface area contributed by atoms with Gasteiger partial charge in [-0.1, -0.05) is 0 Å². The monoisotopic (exact) mass is 228 g/mol. The van der Waals surface area contributed by atoms with Crippen molar-refractivity contribution in [3.63, 3.8) is 0 Å². The van der Waals surface area contributed by atoms with Gasteiger partial charge in [-0.2, -0.15) is 4.31 Å². The molecule has 0 bridgehead atoms. The van der Waals surface area contributed by atoms with E-state index < -0.39 is 10.0 Å². The molecule has 0 saturated heterocycles. The molecule has 5 heteroatoms. The van der Waals surface area contributed by atoms with Crippen molar-refractivity contribution in [2.45, 2.75) is 26.4 Å². The molecule has 0 unspecified atom stereocenters. The van der Waals surface area contributed by atoms with Gasteiger partial charge in [0, 0.05) is 25.0 Å². The Morgan fingerprint density at radius 2 is 1.87 bits per heavy atom. The summed E-state index contributed by atoms with van der Waals surface area (Å²) < 4.78 is 24.4. The Kier molecular flexibility index (Phi) is 3.82. The van der Waals surface area contributed by atoms with E-state index in [0.29, 0.717) is 6.54 Å². The van der Waals surface area contributed by atoms with E-state index in [-0.39, 0.29) is 6.04 Å². The predicted molar refractivity (Wildman–Crippen MR) is 59.8 cm³/mol. The van der Waals surface area contributed by atoms with Crippen molar-refractivity contribution in [3.8, 4) is 0 Å². The van der Waals surface area contributed by atoms with E-state index in [2.05, 4.69) is 4.98 Å². The van der Waals surface area contributed by atoms with Crippen molar-refractivity contribution in [1.82, 2.24) is 9.29 Å². The van der Waals surface area contributed by atoms with Crippen LogP contribution < -0.4 is 0 Å². The Balaban J connectivity index is 2.87. The van der Waals surface area contributed by atoms with E-state index in [0.717, 1.165) is 5.56 Å². The first-order valence-electron chi connectivity index (χ1n) is 4.77. The van der Waals surface area contributed by atoms with Crippen LogP contribution in [0, 0.1) is 0 Å². The van der Waals surface area contributed by atoms with Gasteiger partial charge in [0.1, 0.15) is 0 Å². The molecule has 1 heterocycles. The van der Waals surface area contributed by atoms with Crippen LogP contribution in [0.3, 0.4) is 0 Å². The zero-order valence-electron chi connectivity index (χ0n) is 9.21. The summed E-state index contributed by atoms with van der Waals surface area (Å²) in [6, 6.07) is 3.61. The highest BCUT2D eigenvalue weighted by molar-refractivity contribution is 7.88. The first kappa shape index (κ1) is 12.1. The van der Waals surface area contributed by atoms with Gasteiger partial charge in [0.05, 0.1) is 6.26 Å². The minimum atomic E-state index is -3.15. The lowest BCUT2D eigenvalue weighted by Gasteiger charge is -2.23. The van der Waals surface area contributed by atoms with Crippen LogP contribution >= 0.6 is 0 Å². The van der Waals surface area contributed by atoms with Gasteiger partial charge in [-0.3, -0.25) is 4.98 Å². The van der Waals surface area contributed by atoms with Gasteiger partial charge in [0.2, 0.25) is 10.0 Å². The average molecular weight is 228 g/mol. The van der Waals surface area contributed by atoms with Crippen LogP contribution in [0.2, 0.25) is 0 Å². The third-order valence-corrected chi connectivity index (χ3v) is 3.49. The topological polar surface area (TPSA) is 50.3 Å². The van der Waals surface area contributed by atoms with Crippen molar-refractivity contribution >= 4 is 10.0 Å². The van der Waals surface area contributed by atoms with Gasteiger partial charge < -0.3 is 0 Å². The van der Waals surface area contributed by atoms with Gasteiger partial charge in [-0.05, 0) is 31.5 Å². The second-order valence-electron chi connectivity index (χ2n) is 3.76. The van der Waals surface area contributed by atoms with E-state index >= 15 is 0 Å². The van der Waals surface area contributed by atoms with Crippen molar-refractivity contribution < 1.29 is 8.42 Å². The number of pyridine rings is 1. The summed E-state index contributed by atoms with van der Waals surface area (Å²) in [5.41, 5.74) is 0.948. The molecule has 0 aliphatic heterocycles. The second kappa shape index (κ2) is 4.72. The molecule has 1 aromatic rings. The fourth-order valence-corrected chi connectivity index (χ4v) is 2.50. The normalized spacial score (nSPS) is 12.3. The molecule has 15 heavy (non-hydrogen) atoms. The van der Waals surface area contributed by atoms with Crippen molar-refractivity contribution in [2.24, 2.45) is 0 Å². The van der Waals surface area contributed by atoms with Crippen molar-refractivity contribution in [1.29, 1.82) is 0 Å². The zero-order valence-corrected chi connectivity index (χ0v) is 10.0. The summed E-state index contributed by atoms with van der Waals surface area (Å²) in [7, 11) is -3.15. The quantitative estimate of drug-likeness (QED) is 0.779. The third kappa shape index (κ3) is 3.60. The highest BCUT2D eigenvalue weighted by atomic mass is 32.2. The Morgan fingerprint density at radius 1 is 1.33 bits per heavy atom. The highest BCUT2D eigenvalue weighted by Crippen LogP contribution is 2.11. The Bertz CT molecular complexity index is 401. The molecular formula is C10H16N2O2S. The molecule has 1 aromatic heterocycles. The molecule has 0 amide bonds. The molecule has 0 spiro atoms. The van der Waals surface area contributed by atoms with Gasteiger partial charge in [-0.15, -0.1) is 0 Å². The van der Waals surface area contributed by atoms with E-state index in [1.165, 1.54) is 10.6 Å². The first-order chi connectivity index (χ1) is 6.91. The van der Waals surface area contributed by atoms with Crippen LogP contribution in [0.15, 0.2) is 24.5 Å². The SMILES string of the molecule is CC(C)N(Cc1ccncc1)S(C)(=O)=O. The number of rotatable bonds is 4. The average Bonchev–Trinajstić information content (AvgIpc) is 2.13. The molecule has 4 nitrogen and oxygen atoms in total. The Morgan fingerprint density at radius 3 is 2.27 bits per heavy atom. The number of nitrogens with zero attached hydrogens (tertiary/aromatic N) is 2. The maximum absolute atomic E-state index is 11.5. The van der Waals surface area contributed by atoms with Crippen molar-refractivity contribution in [3.05, 3.63) is 30.1 Å². The summed E-state index contributed by atoms with van der Waals surface area (Å²) in [6.07, 6.45) is 4.56. The molecule has 0 N–H and O–H groups in total. The standard InChI is InChI=1S/C10H16N2O2S/c1-9(2)12(15(3,13)14)8-10-4-6-11-7-5-10/h4-7,9H,8H2,1-3H3. The van der Waals surface area contributed by atoms with Crippen LogP contribution in [0.5, 0.6) is 0 Å².